The molecule has 30 heavy (non-hydrogen) atoms. The van der Waals surface area contributed by atoms with Gasteiger partial charge in [0.2, 0.25) is 0 Å². The molecule has 0 unspecified atom stereocenters. The normalized spacial score (nSPS) is 47.6. The Morgan fingerprint density at radius 1 is 1.00 bits per heavy atom. The molecule has 2 nitrogen and oxygen atoms in total. The quantitative estimate of drug-likeness (QED) is 0.470. The first-order valence-electron chi connectivity index (χ1n) is 13.1. The van der Waals surface area contributed by atoms with E-state index in [1.54, 1.807) is 5.57 Å². The van der Waals surface area contributed by atoms with E-state index in [9.17, 15) is 10.2 Å². The van der Waals surface area contributed by atoms with E-state index in [0.29, 0.717) is 23.4 Å². The van der Waals surface area contributed by atoms with Gasteiger partial charge in [-0.2, -0.15) is 0 Å². The molecule has 0 spiro atoms. The highest BCUT2D eigenvalue weighted by Crippen LogP contribution is 2.67. The lowest BCUT2D eigenvalue weighted by Gasteiger charge is -2.59. The molecule has 0 radical (unpaired) electrons. The van der Waals surface area contributed by atoms with Gasteiger partial charge in [0.1, 0.15) is 0 Å². The molecule has 0 amide bonds. The van der Waals surface area contributed by atoms with Crippen molar-refractivity contribution in [3.8, 4) is 0 Å². The van der Waals surface area contributed by atoms with Crippen molar-refractivity contribution < 1.29 is 10.2 Å². The lowest BCUT2D eigenvalue weighted by Crippen LogP contribution is -2.52. The van der Waals surface area contributed by atoms with Crippen LogP contribution in [0.5, 0.6) is 0 Å². The fourth-order valence-corrected chi connectivity index (χ4v) is 8.86. The highest BCUT2D eigenvalue weighted by atomic mass is 16.3. The molecule has 0 aromatic rings. The molecule has 0 aromatic carbocycles. The average Bonchev–Trinajstić information content (AvgIpc) is 3.05. The van der Waals surface area contributed by atoms with Crippen LogP contribution in [0.15, 0.2) is 11.6 Å². The maximum absolute atomic E-state index is 10.7. The van der Waals surface area contributed by atoms with Gasteiger partial charge in [0.25, 0.3) is 0 Å². The molecule has 0 saturated heterocycles. The Balaban J connectivity index is 1.47. The Hall–Kier alpha value is -0.340. The zero-order valence-corrected chi connectivity index (χ0v) is 20.4. The molecule has 4 aliphatic carbocycles. The van der Waals surface area contributed by atoms with Crippen LogP contribution in [0.1, 0.15) is 105 Å². The summed E-state index contributed by atoms with van der Waals surface area (Å²) in [6.07, 6.45) is 16.4. The molecule has 0 heterocycles. The highest BCUT2D eigenvalue weighted by molar-refractivity contribution is 5.26. The number of aliphatic hydroxyl groups excluding tert-OH is 1. The van der Waals surface area contributed by atoms with Gasteiger partial charge in [-0.25, -0.2) is 0 Å². The topological polar surface area (TPSA) is 40.5 Å². The van der Waals surface area contributed by atoms with Gasteiger partial charge in [-0.15, -0.1) is 0 Å². The van der Waals surface area contributed by atoms with Gasteiger partial charge in [-0.1, -0.05) is 52.2 Å². The molecule has 3 saturated carbocycles. The zero-order valence-electron chi connectivity index (χ0n) is 20.4. The minimum Gasteiger partial charge on any atom is -0.396 e. The van der Waals surface area contributed by atoms with Crippen LogP contribution < -0.4 is 0 Å². The summed E-state index contributed by atoms with van der Waals surface area (Å²) in [5, 5.41) is 20.0. The summed E-state index contributed by atoms with van der Waals surface area (Å²) in [6.45, 7) is 12.3. The number of hydrogen-bond donors (Lipinski definition) is 2. The lowest BCUT2D eigenvalue weighted by molar-refractivity contribution is -0.0706. The third kappa shape index (κ3) is 3.83. The Kier molecular flexibility index (Phi) is 6.26. The molecule has 4 aliphatic rings. The van der Waals surface area contributed by atoms with Gasteiger partial charge < -0.3 is 10.2 Å². The van der Waals surface area contributed by atoms with Crippen LogP contribution in [0, 0.1) is 46.3 Å². The average molecular weight is 417 g/mol. The Morgan fingerprint density at radius 3 is 2.50 bits per heavy atom. The second-order valence-corrected chi connectivity index (χ2v) is 12.9. The Bertz CT molecular complexity index is 651. The van der Waals surface area contributed by atoms with Crippen molar-refractivity contribution in [2.75, 3.05) is 6.61 Å². The maximum atomic E-state index is 10.7. The number of fused-ring (bicyclic) bond motifs is 5. The third-order valence-electron chi connectivity index (χ3n) is 10.8. The van der Waals surface area contributed by atoms with Crippen LogP contribution in [0.4, 0.5) is 0 Å². The van der Waals surface area contributed by atoms with Gasteiger partial charge in [0.05, 0.1) is 5.60 Å². The monoisotopic (exact) mass is 416 g/mol. The first-order valence-corrected chi connectivity index (χ1v) is 13.1. The molecule has 3 fully saturated rings. The molecule has 2 heteroatoms. The van der Waals surface area contributed by atoms with Gasteiger partial charge in [-0.3, -0.25) is 0 Å². The van der Waals surface area contributed by atoms with Crippen molar-refractivity contribution in [2.45, 2.75) is 111 Å². The standard InChI is InChI=1S/C28H48O2/c1-19(18-29)7-6-8-20(2)23-11-12-24-22-10-9-21-17-26(3,30)15-16-27(21,4)25(22)13-14-28(23,24)5/h9,19-20,22-25,29-30H,6-8,10-18H2,1-5H3/t19-,20+,22-,23+,24-,25-,26-,27-,28+/m0/s1. The van der Waals surface area contributed by atoms with E-state index in [1.807, 2.05) is 6.92 Å². The summed E-state index contributed by atoms with van der Waals surface area (Å²) in [5.41, 5.74) is 1.98. The van der Waals surface area contributed by atoms with Crippen molar-refractivity contribution >= 4 is 0 Å². The van der Waals surface area contributed by atoms with Crippen LogP contribution in [0.25, 0.3) is 0 Å². The number of hydrogen-bond acceptors (Lipinski definition) is 2. The van der Waals surface area contributed by atoms with Crippen LogP contribution in [0.3, 0.4) is 0 Å². The second kappa shape index (κ2) is 8.22. The van der Waals surface area contributed by atoms with E-state index >= 15 is 0 Å². The number of rotatable bonds is 6. The summed E-state index contributed by atoms with van der Waals surface area (Å²) < 4.78 is 0. The first-order chi connectivity index (χ1) is 14.1. The Morgan fingerprint density at radius 2 is 1.77 bits per heavy atom. The first kappa shape index (κ1) is 22.8. The molecule has 2 N–H and O–H groups in total. The summed E-state index contributed by atoms with van der Waals surface area (Å²) in [7, 11) is 0. The summed E-state index contributed by atoms with van der Waals surface area (Å²) in [4.78, 5) is 0. The van der Waals surface area contributed by atoms with Crippen molar-refractivity contribution in [2.24, 2.45) is 46.3 Å². The van der Waals surface area contributed by atoms with Crippen molar-refractivity contribution in [1.29, 1.82) is 0 Å². The van der Waals surface area contributed by atoms with E-state index in [2.05, 4.69) is 33.8 Å². The van der Waals surface area contributed by atoms with Crippen molar-refractivity contribution in [3.05, 3.63) is 11.6 Å². The lowest BCUT2D eigenvalue weighted by atomic mass is 9.46. The van der Waals surface area contributed by atoms with Gasteiger partial charge in [0.15, 0.2) is 0 Å². The predicted octanol–water partition coefficient (Wildman–Crippen LogP) is 6.75. The smallest absolute Gasteiger partial charge is 0.0657 e. The zero-order chi connectivity index (χ0) is 21.7. The van der Waals surface area contributed by atoms with E-state index in [1.165, 1.54) is 57.8 Å². The van der Waals surface area contributed by atoms with E-state index < -0.39 is 5.60 Å². The third-order valence-corrected chi connectivity index (χ3v) is 10.8. The number of allylic oxidation sites excluding steroid dienone is 1. The second-order valence-electron chi connectivity index (χ2n) is 12.9. The minimum absolute atomic E-state index is 0.338. The van der Waals surface area contributed by atoms with E-state index in [-0.39, 0.29) is 0 Å². The molecule has 0 aromatic heterocycles. The summed E-state index contributed by atoms with van der Waals surface area (Å²) in [5.74, 6) is 4.77. The summed E-state index contributed by atoms with van der Waals surface area (Å²) >= 11 is 0. The largest absolute Gasteiger partial charge is 0.396 e. The molecule has 172 valence electrons. The molecular weight excluding hydrogens is 368 g/mol. The van der Waals surface area contributed by atoms with Gasteiger partial charge in [0, 0.05) is 6.61 Å². The SMILES string of the molecule is C[C@H](CO)CCC[C@@H](C)[C@H]1CC[C@H]2[C@@H]3CC=C4C[C@@](C)(O)CC[C@]4(C)[C@H]3CC[C@]12C. The maximum Gasteiger partial charge on any atom is 0.0657 e. The van der Waals surface area contributed by atoms with E-state index in [0.717, 1.165) is 42.4 Å². The highest BCUT2D eigenvalue weighted by Gasteiger charge is 2.59. The minimum atomic E-state index is -0.483. The van der Waals surface area contributed by atoms with Crippen LogP contribution in [-0.4, -0.2) is 22.4 Å². The van der Waals surface area contributed by atoms with Crippen LogP contribution in [-0.2, 0) is 0 Å². The summed E-state index contributed by atoms with van der Waals surface area (Å²) in [6, 6.07) is 0. The molecule has 0 bridgehead atoms. The Labute approximate surface area is 185 Å². The van der Waals surface area contributed by atoms with Gasteiger partial charge in [-0.05, 0) is 111 Å². The molecule has 9 atom stereocenters. The predicted molar refractivity (Wildman–Crippen MR) is 125 cm³/mol. The van der Waals surface area contributed by atoms with Gasteiger partial charge >= 0.3 is 0 Å². The molecule has 4 rings (SSSR count). The molecular formula is C28H48O2. The van der Waals surface area contributed by atoms with Crippen LogP contribution in [0.2, 0.25) is 0 Å². The fraction of sp³-hybridized carbons (Fsp3) is 0.929. The van der Waals surface area contributed by atoms with E-state index in [4.69, 9.17) is 0 Å². The fourth-order valence-electron chi connectivity index (χ4n) is 8.86. The molecule has 0 aliphatic heterocycles. The van der Waals surface area contributed by atoms with Crippen molar-refractivity contribution in [3.63, 3.8) is 0 Å². The van der Waals surface area contributed by atoms with Crippen LogP contribution >= 0.6 is 0 Å². The van der Waals surface area contributed by atoms with Crippen molar-refractivity contribution in [1.82, 2.24) is 0 Å². The number of aliphatic hydroxyl groups is 2.